The van der Waals surface area contributed by atoms with Crippen molar-refractivity contribution in [3.8, 4) is 0 Å². The van der Waals surface area contributed by atoms with Crippen LogP contribution in [0.3, 0.4) is 0 Å². The van der Waals surface area contributed by atoms with Crippen LogP contribution in [0.15, 0.2) is 6.07 Å². The van der Waals surface area contributed by atoms with E-state index < -0.39 is 22.7 Å². The zero-order valence-electron chi connectivity index (χ0n) is 7.48. The van der Waals surface area contributed by atoms with Gasteiger partial charge in [-0.2, -0.15) is 0 Å². The molecule has 1 heterocycles. The molecule has 0 aliphatic carbocycles. The molecule has 0 bridgehead atoms. The number of nitro groups is 1. The van der Waals surface area contributed by atoms with Gasteiger partial charge in [-0.25, -0.2) is 8.78 Å². The highest BCUT2D eigenvalue weighted by Crippen LogP contribution is 2.28. The van der Waals surface area contributed by atoms with Gasteiger partial charge < -0.3 is 21.6 Å². The fourth-order valence-electron chi connectivity index (χ4n) is 1.11. The third-order valence-corrected chi connectivity index (χ3v) is 1.80. The van der Waals surface area contributed by atoms with Crippen molar-refractivity contribution >= 4 is 11.6 Å². The van der Waals surface area contributed by atoms with Crippen molar-refractivity contribution in [3.63, 3.8) is 0 Å². The standard InChI is InChI=1S/C7H8F2N4O2/c8-6(9)3-1-5(13(14)15)12-7(11)4(3)2-10/h1,6H,2,10H2,(H2,11,12). The van der Waals surface area contributed by atoms with Crippen LogP contribution in [0.2, 0.25) is 0 Å². The first kappa shape index (κ1) is 11.2. The summed E-state index contributed by atoms with van der Waals surface area (Å²) in [7, 11) is 0. The minimum atomic E-state index is -2.87. The first-order valence-electron chi connectivity index (χ1n) is 3.89. The minimum absolute atomic E-state index is 0.0596. The van der Waals surface area contributed by atoms with E-state index in [9.17, 15) is 18.9 Å². The van der Waals surface area contributed by atoms with Gasteiger partial charge in [-0.3, -0.25) is 0 Å². The molecule has 0 radical (unpaired) electrons. The SMILES string of the molecule is NCc1c(C(F)F)cc([N+](=O)[O-])nc1N. The van der Waals surface area contributed by atoms with E-state index in [1.54, 1.807) is 0 Å². The number of halogens is 2. The molecule has 15 heavy (non-hydrogen) atoms. The molecule has 0 aliphatic heterocycles. The molecule has 82 valence electrons. The van der Waals surface area contributed by atoms with Crippen LogP contribution in [0, 0.1) is 10.1 Å². The van der Waals surface area contributed by atoms with E-state index in [2.05, 4.69) is 4.98 Å². The Morgan fingerprint density at radius 1 is 1.60 bits per heavy atom. The van der Waals surface area contributed by atoms with E-state index in [-0.39, 0.29) is 17.9 Å². The minimum Gasteiger partial charge on any atom is -0.363 e. The summed E-state index contributed by atoms with van der Waals surface area (Å²) in [5.74, 6) is -1.04. The maximum absolute atomic E-state index is 12.5. The summed E-state index contributed by atoms with van der Waals surface area (Å²) >= 11 is 0. The van der Waals surface area contributed by atoms with E-state index in [0.717, 1.165) is 0 Å². The van der Waals surface area contributed by atoms with Gasteiger partial charge in [-0.1, -0.05) is 0 Å². The first-order chi connectivity index (χ1) is 6.97. The Bertz CT molecular complexity index is 397. The fraction of sp³-hybridized carbons (Fsp3) is 0.286. The Kier molecular flexibility index (Phi) is 3.10. The van der Waals surface area contributed by atoms with E-state index in [4.69, 9.17) is 11.5 Å². The summed E-state index contributed by atoms with van der Waals surface area (Å²) in [5.41, 5.74) is 9.87. The van der Waals surface area contributed by atoms with Gasteiger partial charge in [0.2, 0.25) is 5.82 Å². The van der Waals surface area contributed by atoms with Crippen molar-refractivity contribution < 1.29 is 13.7 Å². The summed E-state index contributed by atoms with van der Waals surface area (Å²) in [6, 6.07) is 0.684. The number of alkyl halides is 2. The second kappa shape index (κ2) is 4.13. The van der Waals surface area contributed by atoms with Gasteiger partial charge in [0, 0.05) is 23.7 Å². The molecule has 0 aliphatic rings. The molecule has 6 nitrogen and oxygen atoms in total. The van der Waals surface area contributed by atoms with Crippen molar-refractivity contribution in [3.05, 3.63) is 27.3 Å². The number of pyridine rings is 1. The summed E-state index contributed by atoms with van der Waals surface area (Å²) in [6.07, 6.45) is -2.87. The molecule has 0 unspecified atom stereocenters. The van der Waals surface area contributed by atoms with Crippen LogP contribution in [-0.4, -0.2) is 9.91 Å². The van der Waals surface area contributed by atoms with Crippen LogP contribution in [0.1, 0.15) is 17.6 Å². The third kappa shape index (κ3) is 2.15. The number of rotatable bonds is 3. The zero-order valence-corrected chi connectivity index (χ0v) is 7.48. The van der Waals surface area contributed by atoms with E-state index in [1.807, 2.05) is 0 Å². The molecular weight excluding hydrogens is 210 g/mol. The molecule has 1 aromatic heterocycles. The maximum atomic E-state index is 12.5. The lowest BCUT2D eigenvalue weighted by atomic mass is 10.1. The molecule has 0 fully saturated rings. The third-order valence-electron chi connectivity index (χ3n) is 1.80. The van der Waals surface area contributed by atoms with Crippen molar-refractivity contribution in [2.45, 2.75) is 13.0 Å². The number of anilines is 1. The van der Waals surface area contributed by atoms with E-state index >= 15 is 0 Å². The highest BCUT2D eigenvalue weighted by molar-refractivity contribution is 5.49. The fourth-order valence-corrected chi connectivity index (χ4v) is 1.11. The lowest BCUT2D eigenvalue weighted by molar-refractivity contribution is -0.389. The normalized spacial score (nSPS) is 10.7. The van der Waals surface area contributed by atoms with Crippen LogP contribution < -0.4 is 11.5 Å². The average molecular weight is 218 g/mol. The highest BCUT2D eigenvalue weighted by atomic mass is 19.3. The highest BCUT2D eigenvalue weighted by Gasteiger charge is 2.22. The molecule has 0 saturated heterocycles. The predicted molar refractivity (Wildman–Crippen MR) is 48.2 cm³/mol. The van der Waals surface area contributed by atoms with Crippen LogP contribution in [0.5, 0.6) is 0 Å². The Hall–Kier alpha value is -1.83. The lowest BCUT2D eigenvalue weighted by Gasteiger charge is -2.06. The monoisotopic (exact) mass is 218 g/mol. The topological polar surface area (TPSA) is 108 Å². The second-order valence-corrected chi connectivity index (χ2v) is 2.70. The molecule has 0 spiro atoms. The molecule has 8 heteroatoms. The Balaban J connectivity index is 3.38. The number of nitrogens with zero attached hydrogens (tertiary/aromatic N) is 2. The Morgan fingerprint density at radius 3 is 2.60 bits per heavy atom. The number of aromatic nitrogens is 1. The summed E-state index contributed by atoms with van der Waals surface area (Å²) in [5, 5.41) is 10.3. The van der Waals surface area contributed by atoms with Gasteiger partial charge in [0.05, 0.1) is 0 Å². The van der Waals surface area contributed by atoms with E-state index in [0.29, 0.717) is 6.07 Å². The number of nitrogen functional groups attached to an aromatic ring is 1. The van der Waals surface area contributed by atoms with Crippen molar-refractivity contribution in [1.82, 2.24) is 4.98 Å². The average Bonchev–Trinajstić information content (AvgIpc) is 2.16. The summed E-state index contributed by atoms with van der Waals surface area (Å²) < 4.78 is 25.0. The molecule has 4 N–H and O–H groups in total. The van der Waals surface area contributed by atoms with Crippen LogP contribution in [-0.2, 0) is 6.54 Å². The maximum Gasteiger partial charge on any atom is 0.366 e. The van der Waals surface area contributed by atoms with Gasteiger partial charge in [0.25, 0.3) is 6.43 Å². The lowest BCUT2D eigenvalue weighted by Crippen LogP contribution is -2.09. The smallest absolute Gasteiger partial charge is 0.363 e. The first-order valence-corrected chi connectivity index (χ1v) is 3.89. The van der Waals surface area contributed by atoms with Crippen molar-refractivity contribution in [2.75, 3.05) is 5.73 Å². The largest absolute Gasteiger partial charge is 0.366 e. The molecular formula is C7H8F2N4O2. The molecule has 1 rings (SSSR count). The number of hydrogen-bond donors (Lipinski definition) is 2. The second-order valence-electron chi connectivity index (χ2n) is 2.70. The van der Waals surface area contributed by atoms with Crippen molar-refractivity contribution in [1.29, 1.82) is 0 Å². The van der Waals surface area contributed by atoms with Crippen LogP contribution >= 0.6 is 0 Å². The van der Waals surface area contributed by atoms with Crippen LogP contribution in [0.25, 0.3) is 0 Å². The zero-order chi connectivity index (χ0) is 11.6. The summed E-state index contributed by atoms with van der Waals surface area (Å²) in [6.45, 7) is -0.240. The van der Waals surface area contributed by atoms with E-state index in [1.165, 1.54) is 0 Å². The number of hydrogen-bond acceptors (Lipinski definition) is 5. The Labute approximate surface area is 83.0 Å². The van der Waals surface area contributed by atoms with Gasteiger partial charge in [-0.15, -0.1) is 0 Å². The quantitative estimate of drug-likeness (QED) is 0.580. The van der Waals surface area contributed by atoms with Gasteiger partial charge in [-0.05, 0) is 9.91 Å². The number of nitrogens with two attached hydrogens (primary N) is 2. The summed E-state index contributed by atoms with van der Waals surface area (Å²) in [4.78, 5) is 12.8. The van der Waals surface area contributed by atoms with Gasteiger partial charge >= 0.3 is 5.82 Å². The van der Waals surface area contributed by atoms with Crippen LogP contribution in [0.4, 0.5) is 20.4 Å². The van der Waals surface area contributed by atoms with Gasteiger partial charge in [0.1, 0.15) is 0 Å². The molecule has 0 saturated carbocycles. The molecule has 0 amide bonds. The van der Waals surface area contributed by atoms with Crippen molar-refractivity contribution in [2.24, 2.45) is 5.73 Å². The Morgan fingerprint density at radius 2 is 2.20 bits per heavy atom. The predicted octanol–water partition coefficient (Wildman–Crippen LogP) is 0.968. The molecule has 0 aromatic carbocycles. The molecule has 1 aromatic rings. The van der Waals surface area contributed by atoms with Gasteiger partial charge in [0.15, 0.2) is 0 Å². The molecule has 0 atom stereocenters.